The molecule has 3 unspecified atom stereocenters. The fourth-order valence-electron chi connectivity index (χ4n) is 3.58. The van der Waals surface area contributed by atoms with Crippen LogP contribution in [0.25, 0.3) is 0 Å². The molecule has 3 atom stereocenters. The van der Waals surface area contributed by atoms with Gasteiger partial charge < -0.3 is 4.57 Å². The fraction of sp³-hybridized carbons (Fsp3) is 0.733. The Morgan fingerprint density at radius 2 is 1.84 bits per heavy atom. The Morgan fingerprint density at radius 1 is 1.32 bits per heavy atom. The normalized spacial score (nSPS) is 31.9. The summed E-state index contributed by atoms with van der Waals surface area (Å²) in [7, 11) is 1.98. The molecule has 0 fully saturated rings. The summed E-state index contributed by atoms with van der Waals surface area (Å²) in [5, 5.41) is 0. The lowest BCUT2D eigenvalue weighted by Gasteiger charge is -2.48. The second-order valence-electron chi connectivity index (χ2n) is 6.15. The quantitative estimate of drug-likeness (QED) is 0.400. The van der Waals surface area contributed by atoms with Crippen LogP contribution in [0, 0.1) is 13.8 Å². The third-order valence-electron chi connectivity index (χ3n) is 4.65. The molecule has 0 aromatic carbocycles. The van der Waals surface area contributed by atoms with Gasteiger partial charge in [0.05, 0.1) is 9.74 Å². The maximum Gasteiger partial charge on any atom is 0.203 e. The van der Waals surface area contributed by atoms with Gasteiger partial charge in [0.1, 0.15) is 0 Å². The Labute approximate surface area is 129 Å². The van der Waals surface area contributed by atoms with Gasteiger partial charge in [-0.05, 0) is 45.7 Å². The van der Waals surface area contributed by atoms with Gasteiger partial charge in [-0.25, -0.2) is 4.39 Å². The van der Waals surface area contributed by atoms with E-state index in [1.165, 1.54) is 16.8 Å². The van der Waals surface area contributed by atoms with E-state index in [1.807, 2.05) is 16.5 Å². The molecule has 0 amide bonds. The summed E-state index contributed by atoms with van der Waals surface area (Å²) in [5.41, 5.74) is 4.48. The van der Waals surface area contributed by atoms with Crippen molar-refractivity contribution in [2.45, 2.75) is 63.3 Å². The molecule has 0 aliphatic carbocycles. The summed E-state index contributed by atoms with van der Waals surface area (Å²) >= 11 is 2.40. The van der Waals surface area contributed by atoms with E-state index in [4.69, 9.17) is 0 Å². The maximum absolute atomic E-state index is 15.6. The molecule has 2 nitrogen and oxygen atoms in total. The number of aromatic nitrogens is 1. The van der Waals surface area contributed by atoms with Gasteiger partial charge in [0.15, 0.2) is 0 Å². The first-order chi connectivity index (χ1) is 8.62. The first-order valence-electron chi connectivity index (χ1n) is 6.90. The van der Waals surface area contributed by atoms with Crippen molar-refractivity contribution < 1.29 is 4.39 Å². The van der Waals surface area contributed by atoms with Gasteiger partial charge in [0, 0.05) is 24.7 Å². The molecule has 4 heteroatoms. The average molecular weight is 378 g/mol. The zero-order valence-electron chi connectivity index (χ0n) is 12.9. The Bertz CT molecular complexity index is 505. The maximum atomic E-state index is 15.6. The van der Waals surface area contributed by atoms with E-state index >= 15 is 4.39 Å². The zero-order chi connectivity index (χ0) is 14.7. The number of halogens is 2. The second kappa shape index (κ2) is 4.72. The predicted octanol–water partition coefficient (Wildman–Crippen LogP) is 4.37. The molecule has 108 valence electrons. The van der Waals surface area contributed by atoms with E-state index in [0.717, 1.165) is 5.69 Å². The highest BCUT2D eigenvalue weighted by Gasteiger charge is 2.50. The van der Waals surface area contributed by atoms with E-state index in [9.17, 15) is 0 Å². The van der Waals surface area contributed by atoms with Gasteiger partial charge in [0.25, 0.3) is 0 Å². The van der Waals surface area contributed by atoms with Gasteiger partial charge in [0.2, 0.25) is 5.79 Å². The molecule has 0 saturated heterocycles. The van der Waals surface area contributed by atoms with Crippen molar-refractivity contribution in [1.29, 1.82) is 0 Å². The highest BCUT2D eigenvalue weighted by molar-refractivity contribution is 14.1. The average Bonchev–Trinajstić information content (AvgIpc) is 2.51. The Kier molecular flexibility index (Phi) is 3.80. The smallest absolute Gasteiger partial charge is 0.203 e. The van der Waals surface area contributed by atoms with Crippen LogP contribution in [0.4, 0.5) is 4.39 Å². The SMILES string of the molecule is Cc1c2c(n(C)c1C)C(C)(F)N(C(C)C)C(I)C2C. The van der Waals surface area contributed by atoms with Gasteiger partial charge in [-0.1, -0.05) is 29.5 Å². The largest absolute Gasteiger partial charge is 0.348 e. The molecule has 19 heavy (non-hydrogen) atoms. The first-order valence-corrected chi connectivity index (χ1v) is 8.14. The molecule has 1 aliphatic heterocycles. The summed E-state index contributed by atoms with van der Waals surface area (Å²) < 4.78 is 17.8. The van der Waals surface area contributed by atoms with Crippen LogP contribution in [0.5, 0.6) is 0 Å². The van der Waals surface area contributed by atoms with Crippen LogP contribution in [0.2, 0.25) is 0 Å². The van der Waals surface area contributed by atoms with Crippen LogP contribution < -0.4 is 0 Å². The fourth-order valence-corrected chi connectivity index (χ4v) is 5.11. The molecule has 0 bridgehead atoms. The first kappa shape index (κ1) is 15.3. The standard InChI is InChI=1S/C15H24FIN2/c1-8(2)19-14(17)10(4)12-9(3)11(5)18(7)13(12)15(19,6)16/h8,10,14H,1-7H3. The topological polar surface area (TPSA) is 8.17 Å². The van der Waals surface area contributed by atoms with Crippen LogP contribution in [-0.4, -0.2) is 19.6 Å². The van der Waals surface area contributed by atoms with Crippen molar-refractivity contribution in [3.05, 3.63) is 22.5 Å². The number of hydrogen-bond donors (Lipinski definition) is 0. The minimum absolute atomic E-state index is 0.181. The molecular weight excluding hydrogens is 354 g/mol. The summed E-state index contributed by atoms with van der Waals surface area (Å²) in [6.45, 7) is 12.3. The van der Waals surface area contributed by atoms with Gasteiger partial charge in [-0.15, -0.1) is 0 Å². The third kappa shape index (κ3) is 1.97. The predicted molar refractivity (Wildman–Crippen MR) is 86.5 cm³/mol. The minimum Gasteiger partial charge on any atom is -0.348 e. The van der Waals surface area contributed by atoms with Gasteiger partial charge >= 0.3 is 0 Å². The highest BCUT2D eigenvalue weighted by atomic mass is 127. The molecule has 1 aromatic rings. The lowest BCUT2D eigenvalue weighted by molar-refractivity contribution is -0.0700. The second-order valence-corrected chi connectivity index (χ2v) is 7.42. The molecular formula is C15H24FIN2. The molecule has 0 spiro atoms. The monoisotopic (exact) mass is 378 g/mol. The van der Waals surface area contributed by atoms with E-state index in [2.05, 4.69) is 57.2 Å². The van der Waals surface area contributed by atoms with E-state index < -0.39 is 5.79 Å². The summed E-state index contributed by atoms with van der Waals surface area (Å²) in [6, 6.07) is 0.183. The lowest BCUT2D eigenvalue weighted by atomic mass is 9.87. The molecule has 2 heterocycles. The van der Waals surface area contributed by atoms with Crippen LogP contribution in [0.3, 0.4) is 0 Å². The minimum atomic E-state index is -1.41. The Balaban J connectivity index is 2.75. The van der Waals surface area contributed by atoms with Crippen molar-refractivity contribution in [2.24, 2.45) is 7.05 Å². The highest BCUT2D eigenvalue weighted by Crippen LogP contribution is 2.50. The third-order valence-corrected chi connectivity index (χ3v) is 6.33. The van der Waals surface area contributed by atoms with Crippen molar-refractivity contribution in [3.8, 4) is 0 Å². The number of alkyl halides is 2. The van der Waals surface area contributed by atoms with E-state index in [1.54, 1.807) is 6.92 Å². The van der Waals surface area contributed by atoms with Crippen molar-refractivity contribution in [2.75, 3.05) is 0 Å². The lowest BCUT2D eigenvalue weighted by Crippen LogP contribution is -2.54. The van der Waals surface area contributed by atoms with Crippen molar-refractivity contribution in [1.82, 2.24) is 9.47 Å². The molecule has 2 rings (SSSR count). The Hall–Kier alpha value is -0.100. The molecule has 1 aromatic heterocycles. The summed E-state index contributed by atoms with van der Waals surface area (Å²) in [5.74, 6) is -1.06. The molecule has 0 saturated carbocycles. The molecule has 1 aliphatic rings. The van der Waals surface area contributed by atoms with Crippen molar-refractivity contribution in [3.63, 3.8) is 0 Å². The number of nitrogens with zero attached hydrogens (tertiary/aromatic N) is 2. The summed E-state index contributed by atoms with van der Waals surface area (Å²) in [6.07, 6.45) is 0. The van der Waals surface area contributed by atoms with Crippen LogP contribution >= 0.6 is 22.6 Å². The van der Waals surface area contributed by atoms with Crippen LogP contribution in [0.1, 0.15) is 56.1 Å². The van der Waals surface area contributed by atoms with Crippen molar-refractivity contribution >= 4 is 22.6 Å². The number of fused-ring (bicyclic) bond motifs is 1. The zero-order valence-corrected chi connectivity index (χ0v) is 15.0. The molecule has 0 N–H and O–H groups in total. The van der Waals surface area contributed by atoms with Crippen LogP contribution in [0.15, 0.2) is 0 Å². The number of hydrogen-bond acceptors (Lipinski definition) is 1. The van der Waals surface area contributed by atoms with E-state index in [0.29, 0.717) is 5.92 Å². The van der Waals surface area contributed by atoms with Crippen LogP contribution in [-0.2, 0) is 12.8 Å². The summed E-state index contributed by atoms with van der Waals surface area (Å²) in [4.78, 5) is 2.00. The van der Waals surface area contributed by atoms with Gasteiger partial charge in [-0.2, -0.15) is 0 Å². The number of rotatable bonds is 1. The van der Waals surface area contributed by atoms with Gasteiger partial charge in [-0.3, -0.25) is 4.90 Å². The van der Waals surface area contributed by atoms with E-state index in [-0.39, 0.29) is 10.1 Å². The molecule has 0 radical (unpaired) electrons. The Morgan fingerprint density at radius 3 is 2.32 bits per heavy atom.